The molecular formula is C30H37N7O2. The fraction of sp³-hybridized carbons (Fsp3) is 0.367. The Morgan fingerprint density at radius 2 is 1.97 bits per heavy atom. The average Bonchev–Trinajstić information content (AvgIpc) is 2.93. The quantitative estimate of drug-likeness (QED) is 0.479. The largest absolute Gasteiger partial charge is 0.453 e. The number of anilines is 3. The number of methoxy groups -OCH3 is 1. The number of hydrogen-bond donors (Lipinski definition) is 1. The third-order valence-electron chi connectivity index (χ3n) is 7.61. The Morgan fingerprint density at radius 1 is 1.18 bits per heavy atom. The lowest BCUT2D eigenvalue weighted by molar-refractivity contribution is 0.0889. The summed E-state index contributed by atoms with van der Waals surface area (Å²) in [5, 5.41) is 3.39. The van der Waals surface area contributed by atoms with Gasteiger partial charge < -0.3 is 24.8 Å². The van der Waals surface area contributed by atoms with Gasteiger partial charge in [-0.25, -0.2) is 9.78 Å². The van der Waals surface area contributed by atoms with Crippen LogP contribution in [0.5, 0.6) is 0 Å². The van der Waals surface area contributed by atoms with Crippen LogP contribution < -0.4 is 10.2 Å². The van der Waals surface area contributed by atoms with Gasteiger partial charge in [0.05, 0.1) is 7.11 Å². The van der Waals surface area contributed by atoms with E-state index in [1.807, 2.05) is 36.6 Å². The molecule has 0 saturated carbocycles. The summed E-state index contributed by atoms with van der Waals surface area (Å²) in [4.78, 5) is 29.8. The van der Waals surface area contributed by atoms with Gasteiger partial charge >= 0.3 is 6.09 Å². The topological polar surface area (TPSA) is 77.1 Å². The molecule has 2 aromatic rings. The maximum absolute atomic E-state index is 11.8. The van der Waals surface area contributed by atoms with Crippen molar-refractivity contribution in [3.05, 3.63) is 84.9 Å². The highest BCUT2D eigenvalue weighted by atomic mass is 16.5. The van der Waals surface area contributed by atoms with Gasteiger partial charge in [0.1, 0.15) is 5.82 Å². The lowest BCUT2D eigenvalue weighted by atomic mass is 9.95. The molecule has 0 atom stereocenters. The van der Waals surface area contributed by atoms with Crippen molar-refractivity contribution in [1.82, 2.24) is 24.7 Å². The lowest BCUT2D eigenvalue weighted by Gasteiger charge is -2.42. The number of ether oxygens (including phenoxy) is 1. The van der Waals surface area contributed by atoms with E-state index in [4.69, 9.17) is 9.72 Å². The molecule has 9 heteroatoms. The highest BCUT2D eigenvalue weighted by Gasteiger charge is 2.28. The Balaban J connectivity index is 1.20. The van der Waals surface area contributed by atoms with E-state index in [9.17, 15) is 4.79 Å². The molecule has 0 radical (unpaired) electrons. The highest BCUT2D eigenvalue weighted by molar-refractivity contribution is 5.74. The predicted octanol–water partition coefficient (Wildman–Crippen LogP) is 4.47. The zero-order chi connectivity index (χ0) is 27.4. The number of allylic oxidation sites excluding steroid dienone is 2. The number of amides is 1. The molecule has 0 unspecified atom stereocenters. The SMILES string of the molecule is C=CC(=C)N1CC(CCN2C(=C)C=Cc3cnc(Nc4cccc(CN5CCN(C(=O)OC)CC5)c4)nc32)C1. The smallest absolute Gasteiger partial charge is 0.409 e. The summed E-state index contributed by atoms with van der Waals surface area (Å²) < 4.78 is 4.84. The van der Waals surface area contributed by atoms with Crippen LogP contribution in [0.1, 0.15) is 17.5 Å². The van der Waals surface area contributed by atoms with E-state index in [1.54, 1.807) is 4.90 Å². The Labute approximate surface area is 230 Å². The van der Waals surface area contributed by atoms with Crippen LogP contribution in [0.15, 0.2) is 73.7 Å². The minimum Gasteiger partial charge on any atom is -0.453 e. The summed E-state index contributed by atoms with van der Waals surface area (Å²) in [6.45, 7) is 18.8. The van der Waals surface area contributed by atoms with Gasteiger partial charge in [0.2, 0.25) is 5.95 Å². The number of piperazine rings is 1. The van der Waals surface area contributed by atoms with E-state index < -0.39 is 0 Å². The van der Waals surface area contributed by atoms with Crippen molar-refractivity contribution in [3.8, 4) is 0 Å². The van der Waals surface area contributed by atoms with Crippen LogP contribution in [-0.4, -0.2) is 83.7 Å². The Bertz CT molecular complexity index is 1280. The van der Waals surface area contributed by atoms with Gasteiger partial charge in [-0.15, -0.1) is 0 Å². The monoisotopic (exact) mass is 527 g/mol. The van der Waals surface area contributed by atoms with Crippen molar-refractivity contribution in [2.75, 3.05) is 63.1 Å². The van der Waals surface area contributed by atoms with E-state index in [0.29, 0.717) is 25.0 Å². The van der Waals surface area contributed by atoms with Gasteiger partial charge in [-0.05, 0) is 48.3 Å². The number of hydrogen-bond acceptors (Lipinski definition) is 8. The maximum atomic E-state index is 11.8. The average molecular weight is 528 g/mol. The van der Waals surface area contributed by atoms with Crippen molar-refractivity contribution in [2.24, 2.45) is 5.92 Å². The van der Waals surface area contributed by atoms with Crippen molar-refractivity contribution in [2.45, 2.75) is 13.0 Å². The van der Waals surface area contributed by atoms with E-state index >= 15 is 0 Å². The van der Waals surface area contributed by atoms with Gasteiger partial charge in [0, 0.05) is 81.2 Å². The first kappa shape index (κ1) is 26.5. The van der Waals surface area contributed by atoms with Crippen molar-refractivity contribution < 1.29 is 9.53 Å². The summed E-state index contributed by atoms with van der Waals surface area (Å²) in [6.07, 6.45) is 8.53. The zero-order valence-corrected chi connectivity index (χ0v) is 22.7. The fourth-order valence-electron chi connectivity index (χ4n) is 5.22. The van der Waals surface area contributed by atoms with Crippen LogP contribution in [-0.2, 0) is 11.3 Å². The van der Waals surface area contributed by atoms with E-state index in [2.05, 4.69) is 56.9 Å². The van der Waals surface area contributed by atoms with Crippen molar-refractivity contribution in [3.63, 3.8) is 0 Å². The molecule has 9 nitrogen and oxygen atoms in total. The number of aromatic nitrogens is 2. The Kier molecular flexibility index (Phi) is 7.97. The molecule has 3 aliphatic heterocycles. The van der Waals surface area contributed by atoms with E-state index in [-0.39, 0.29) is 6.09 Å². The molecule has 2 fully saturated rings. The standard InChI is InChI=1S/C30H37N7O2/c1-5-22(2)36-20-25(21-36)11-12-37-23(3)9-10-26-18-31-29(33-28(26)37)32-27-8-6-7-24(17-27)19-34-13-15-35(16-14-34)30(38)39-4/h5-10,17-18,25H,1-3,11-16,19-21H2,4H3,(H,31,32,33). The second kappa shape index (κ2) is 11.7. The molecule has 2 saturated heterocycles. The number of likely N-dealkylation sites (tertiary alicyclic amines) is 1. The summed E-state index contributed by atoms with van der Waals surface area (Å²) >= 11 is 0. The number of rotatable bonds is 9. The summed E-state index contributed by atoms with van der Waals surface area (Å²) in [5.41, 5.74) is 5.05. The first-order valence-corrected chi connectivity index (χ1v) is 13.4. The maximum Gasteiger partial charge on any atom is 0.409 e. The molecule has 3 aliphatic rings. The van der Waals surface area contributed by atoms with Crippen LogP contribution in [0, 0.1) is 5.92 Å². The minimum atomic E-state index is -0.256. The molecule has 0 spiro atoms. The van der Waals surface area contributed by atoms with Crippen molar-refractivity contribution in [1.29, 1.82) is 0 Å². The number of nitrogens with one attached hydrogen (secondary N) is 1. The molecule has 204 valence electrons. The summed E-state index contributed by atoms with van der Waals surface area (Å²) in [5.74, 6) is 2.06. The lowest BCUT2D eigenvalue weighted by Crippen LogP contribution is -2.48. The normalized spacial score (nSPS) is 17.5. The summed E-state index contributed by atoms with van der Waals surface area (Å²) in [7, 11) is 1.43. The first-order chi connectivity index (χ1) is 18.9. The van der Waals surface area contributed by atoms with Gasteiger partial charge in [0.25, 0.3) is 0 Å². The first-order valence-electron chi connectivity index (χ1n) is 13.4. The number of carbonyl (C=O) groups is 1. The second-order valence-electron chi connectivity index (χ2n) is 10.3. The third kappa shape index (κ3) is 6.15. The van der Waals surface area contributed by atoms with Crippen LogP contribution in [0.25, 0.3) is 6.08 Å². The fourth-order valence-corrected chi connectivity index (χ4v) is 5.22. The zero-order valence-electron chi connectivity index (χ0n) is 22.7. The summed E-state index contributed by atoms with van der Waals surface area (Å²) in [6, 6.07) is 8.32. The molecule has 1 N–H and O–H groups in total. The Hall–Kier alpha value is -4.11. The van der Waals surface area contributed by atoms with Crippen molar-refractivity contribution >= 4 is 29.6 Å². The molecule has 1 amide bonds. The molecule has 0 bridgehead atoms. The van der Waals surface area contributed by atoms with Gasteiger partial charge in [-0.2, -0.15) is 4.98 Å². The predicted molar refractivity (Wildman–Crippen MR) is 156 cm³/mol. The second-order valence-corrected chi connectivity index (χ2v) is 10.3. The molecule has 4 heterocycles. The van der Waals surface area contributed by atoms with Crippen LogP contribution in [0.2, 0.25) is 0 Å². The van der Waals surface area contributed by atoms with Gasteiger partial charge in [-0.1, -0.05) is 31.9 Å². The van der Waals surface area contributed by atoms with Gasteiger partial charge in [0.15, 0.2) is 0 Å². The van der Waals surface area contributed by atoms with E-state index in [0.717, 1.165) is 74.2 Å². The Morgan fingerprint density at radius 3 is 2.72 bits per heavy atom. The molecule has 39 heavy (non-hydrogen) atoms. The van der Waals surface area contributed by atoms with Crippen LogP contribution in [0.4, 0.5) is 22.2 Å². The van der Waals surface area contributed by atoms with Crippen LogP contribution in [0.3, 0.4) is 0 Å². The number of fused-ring (bicyclic) bond motifs is 1. The molecule has 0 aliphatic carbocycles. The van der Waals surface area contributed by atoms with Crippen LogP contribution >= 0.6 is 0 Å². The third-order valence-corrected chi connectivity index (χ3v) is 7.61. The number of nitrogens with zero attached hydrogens (tertiary/aromatic N) is 6. The molecule has 1 aromatic carbocycles. The van der Waals surface area contributed by atoms with Gasteiger partial charge in [-0.3, -0.25) is 4.90 Å². The highest BCUT2D eigenvalue weighted by Crippen LogP contribution is 2.31. The molecular weight excluding hydrogens is 490 g/mol. The van der Waals surface area contributed by atoms with E-state index in [1.165, 1.54) is 12.7 Å². The number of benzene rings is 1. The minimum absolute atomic E-state index is 0.256. The molecule has 1 aromatic heterocycles. The molecule has 5 rings (SSSR count). The number of carbonyl (C=O) groups excluding carboxylic acids is 1.